The van der Waals surface area contributed by atoms with Crippen LogP contribution in [-0.2, 0) is 61.7 Å². The van der Waals surface area contributed by atoms with Gasteiger partial charge in [-0.3, -0.25) is 9.59 Å². The molecule has 6 aliphatic heterocycles. The van der Waals surface area contributed by atoms with Gasteiger partial charge in [0.15, 0.2) is 31.3 Å². The highest BCUT2D eigenvalue weighted by atomic mass is 16.8. The van der Waals surface area contributed by atoms with E-state index in [-0.39, 0.29) is 30.6 Å². The van der Waals surface area contributed by atoms with E-state index in [1.165, 1.54) is 6.92 Å². The Labute approximate surface area is 490 Å². The van der Waals surface area contributed by atoms with Crippen molar-refractivity contribution in [2.45, 2.75) is 240 Å². The summed E-state index contributed by atoms with van der Waals surface area (Å²) in [5.41, 5.74) is -6.74. The van der Waals surface area contributed by atoms with Crippen LogP contribution < -0.4 is 0 Å². The van der Waals surface area contributed by atoms with E-state index in [9.17, 15) is 81.4 Å². The normalized spacial score (nSPS) is 55.5. The highest BCUT2D eigenvalue weighted by Crippen LogP contribution is 2.77. The molecular formula is C57H88O28. The van der Waals surface area contributed by atoms with E-state index in [0.29, 0.717) is 32.1 Å². The van der Waals surface area contributed by atoms with E-state index in [0.717, 1.165) is 5.57 Å². The van der Waals surface area contributed by atoms with Crippen molar-refractivity contribution in [3.63, 3.8) is 0 Å². The van der Waals surface area contributed by atoms with E-state index in [1.807, 2.05) is 0 Å². The molecule has 15 N–H and O–H groups in total. The Kier molecular flexibility index (Phi) is 17.3. The first kappa shape index (κ1) is 64.3. The molecule has 32 atom stereocenters. The summed E-state index contributed by atoms with van der Waals surface area (Å²) in [4.78, 5) is 29.7. The molecule has 11 rings (SSSR count). The van der Waals surface area contributed by atoms with Crippen molar-refractivity contribution in [1.29, 1.82) is 0 Å². The van der Waals surface area contributed by atoms with Gasteiger partial charge in [0.1, 0.15) is 108 Å². The second-order valence-corrected chi connectivity index (χ2v) is 27.9. The van der Waals surface area contributed by atoms with Crippen LogP contribution in [0, 0.1) is 50.2 Å². The maximum Gasteiger partial charge on any atom is 0.317 e. The van der Waals surface area contributed by atoms with E-state index in [4.69, 9.17) is 52.1 Å². The summed E-state index contributed by atoms with van der Waals surface area (Å²) in [6.45, 7) is 8.22. The summed E-state index contributed by atoms with van der Waals surface area (Å²) in [6, 6.07) is 0. The van der Waals surface area contributed by atoms with Crippen LogP contribution in [-0.4, -0.2) is 275 Å². The lowest BCUT2D eigenvalue weighted by molar-refractivity contribution is -0.372. The van der Waals surface area contributed by atoms with E-state index >= 15 is 4.79 Å². The first-order valence-electron chi connectivity index (χ1n) is 29.9. The van der Waals surface area contributed by atoms with Gasteiger partial charge in [-0.2, -0.15) is 0 Å². The maximum absolute atomic E-state index is 15.4. The first-order chi connectivity index (χ1) is 39.9. The van der Waals surface area contributed by atoms with Crippen molar-refractivity contribution in [2.24, 2.45) is 50.2 Å². The van der Waals surface area contributed by atoms with Crippen molar-refractivity contribution < 1.29 is 138 Å². The van der Waals surface area contributed by atoms with Gasteiger partial charge in [-0.1, -0.05) is 46.3 Å². The molecule has 0 aromatic heterocycles. The number of carbonyl (C=O) groups excluding carboxylic acids is 2. The van der Waals surface area contributed by atoms with Crippen LogP contribution in [0.15, 0.2) is 11.6 Å². The van der Waals surface area contributed by atoms with Crippen molar-refractivity contribution in [3.05, 3.63) is 11.6 Å². The maximum atomic E-state index is 15.4. The highest BCUT2D eigenvalue weighted by molar-refractivity contribution is 5.82. The molecule has 6 heterocycles. The molecule has 0 aromatic rings. The Hall–Kier alpha value is -2.28. The van der Waals surface area contributed by atoms with Crippen LogP contribution in [0.25, 0.3) is 0 Å². The lowest BCUT2D eigenvalue weighted by Gasteiger charge is -2.71. The molecule has 484 valence electrons. The predicted molar refractivity (Wildman–Crippen MR) is 278 cm³/mol. The zero-order valence-electron chi connectivity index (χ0n) is 48.5. The molecule has 0 radical (unpaired) electrons. The van der Waals surface area contributed by atoms with Gasteiger partial charge in [-0.15, -0.1) is 0 Å². The summed E-state index contributed by atoms with van der Waals surface area (Å²) < 4.78 is 64.8. The fourth-order valence-electron chi connectivity index (χ4n) is 17.7. The van der Waals surface area contributed by atoms with Crippen molar-refractivity contribution >= 4 is 11.9 Å². The van der Waals surface area contributed by atoms with Crippen LogP contribution in [0.3, 0.4) is 0 Å². The van der Waals surface area contributed by atoms with Crippen LogP contribution in [0.1, 0.15) is 92.9 Å². The van der Waals surface area contributed by atoms with Gasteiger partial charge in [0.2, 0.25) is 6.29 Å². The summed E-state index contributed by atoms with van der Waals surface area (Å²) in [6.07, 6.45) is -31.6. The van der Waals surface area contributed by atoms with Gasteiger partial charge < -0.3 is 129 Å². The lowest BCUT2D eigenvalue weighted by atomic mass is 9.33. The third kappa shape index (κ3) is 9.84. The number of hydrogen-bond donors (Lipinski definition) is 15. The summed E-state index contributed by atoms with van der Waals surface area (Å²) >= 11 is 0. The van der Waals surface area contributed by atoms with Gasteiger partial charge >= 0.3 is 11.9 Å². The van der Waals surface area contributed by atoms with E-state index in [1.54, 1.807) is 0 Å². The fraction of sp³-hybridized carbons (Fsp3) is 0.930. The Morgan fingerprint density at radius 1 is 0.647 bits per heavy atom. The standard InChI is InChI=1S/C57H88O28/c1-22-39(81-44-38(70)40(26(62)18-75-44)82-48-42(71)55(74,19-59)21-77-48)35(67)37(69)45(78-22)83-41-32(64)25(61)17-76-47(41)85-49(72)56-12-11-51(2,3)13-24(56)23-7-8-29-52(4)14-27-43(84-46-36(68)34(66)33(65)28(16-58)79-46)57(20-60,50(73)80-27)30(52)9-10-53(29,5)54(23,6)15-31(56)63/h7,22,24-48,58-71,74H,8-21H2,1-6H3. The average Bonchev–Trinajstić information content (AvgIpc) is 1.61. The van der Waals surface area contributed by atoms with Gasteiger partial charge in [0.05, 0.1) is 51.8 Å². The number of carbonyl (C=O) groups is 2. The highest BCUT2D eigenvalue weighted by Gasteiger charge is 2.77. The van der Waals surface area contributed by atoms with Crippen molar-refractivity contribution in [1.82, 2.24) is 0 Å². The second-order valence-electron chi connectivity index (χ2n) is 27.9. The molecule has 0 spiro atoms. The molecule has 2 bridgehead atoms. The third-order valence-electron chi connectivity index (χ3n) is 22.8. The molecule has 28 nitrogen and oxygen atoms in total. The van der Waals surface area contributed by atoms with E-state index < -0.39 is 237 Å². The Bertz CT molecular complexity index is 2490. The third-order valence-corrected chi connectivity index (χ3v) is 22.8. The zero-order valence-corrected chi connectivity index (χ0v) is 48.5. The van der Waals surface area contributed by atoms with Crippen molar-refractivity contribution in [3.8, 4) is 0 Å². The van der Waals surface area contributed by atoms with Gasteiger partial charge in [-0.25, -0.2) is 0 Å². The largest absolute Gasteiger partial charge is 0.459 e. The van der Waals surface area contributed by atoms with Crippen molar-refractivity contribution in [2.75, 3.05) is 39.6 Å². The molecule has 6 saturated heterocycles. The van der Waals surface area contributed by atoms with Crippen LogP contribution >= 0.6 is 0 Å². The predicted octanol–water partition coefficient (Wildman–Crippen LogP) is -4.81. The quantitative estimate of drug-likeness (QED) is 0.0467. The number of aliphatic hydroxyl groups is 15. The number of hydrogen-bond acceptors (Lipinski definition) is 28. The summed E-state index contributed by atoms with van der Waals surface area (Å²) in [5, 5.41) is 164. The number of ether oxygens (including phenoxy) is 11. The average molecular weight is 1220 g/mol. The summed E-state index contributed by atoms with van der Waals surface area (Å²) in [7, 11) is 0. The SMILES string of the molecule is CC1OC(OC2C(OC(=O)C34CCC(C)(C)CC3C3=CCC5C6(C)CC7OC(=O)C(CO)(C7OC7OC(CO)C(O)C(O)C7O)C6CCC5(C)C3(C)CC4O)OCC(O)C2O)C(O)C(O)C1OC1OCC(O)C(OC2OCC(O)(CO)C2O)C1O. The minimum atomic E-state index is -2.08. The number of esters is 2. The second kappa shape index (κ2) is 22.8. The van der Waals surface area contributed by atoms with Crippen LogP contribution in [0.5, 0.6) is 0 Å². The molecule has 5 aliphatic carbocycles. The number of allylic oxidation sites excluding steroid dienone is 2. The molecule has 0 amide bonds. The van der Waals surface area contributed by atoms with E-state index in [2.05, 4.69) is 40.7 Å². The van der Waals surface area contributed by atoms with Crippen LogP contribution in [0.4, 0.5) is 0 Å². The molecule has 32 unspecified atom stereocenters. The number of aliphatic hydroxyl groups excluding tert-OH is 14. The minimum absolute atomic E-state index is 0.101. The number of fused-ring (bicyclic) bond motifs is 10. The van der Waals surface area contributed by atoms with Gasteiger partial charge in [-0.05, 0) is 97.7 Å². The zero-order chi connectivity index (χ0) is 61.6. The molecule has 85 heavy (non-hydrogen) atoms. The fourth-order valence-corrected chi connectivity index (χ4v) is 17.7. The molecule has 28 heteroatoms. The topological polar surface area (TPSA) is 439 Å². The molecule has 10 fully saturated rings. The van der Waals surface area contributed by atoms with Gasteiger partial charge in [0, 0.05) is 0 Å². The molecular weight excluding hydrogens is 1130 g/mol. The molecule has 0 aromatic carbocycles. The molecule has 11 aliphatic rings. The molecule has 4 saturated carbocycles. The Morgan fingerprint density at radius 2 is 1.31 bits per heavy atom. The lowest BCUT2D eigenvalue weighted by Crippen LogP contribution is -2.70. The Morgan fingerprint density at radius 3 is 1.99 bits per heavy atom. The monoisotopic (exact) mass is 1220 g/mol. The minimum Gasteiger partial charge on any atom is -0.459 e. The van der Waals surface area contributed by atoms with Crippen LogP contribution in [0.2, 0.25) is 0 Å². The number of rotatable bonds is 13. The smallest absolute Gasteiger partial charge is 0.317 e. The van der Waals surface area contributed by atoms with Gasteiger partial charge in [0.25, 0.3) is 0 Å². The summed E-state index contributed by atoms with van der Waals surface area (Å²) in [5.74, 6) is -2.85. The Balaban J connectivity index is 0.810. The first-order valence-corrected chi connectivity index (χ1v) is 29.9.